The van der Waals surface area contributed by atoms with Crippen molar-refractivity contribution in [3.63, 3.8) is 0 Å². The number of hydrogen-bond donors (Lipinski definition) is 2. The summed E-state index contributed by atoms with van der Waals surface area (Å²) in [7, 11) is 1.24. The molecule has 1 fully saturated rings. The maximum Gasteiger partial charge on any atom is 0.338 e. The van der Waals surface area contributed by atoms with Gasteiger partial charge in [-0.1, -0.05) is 17.7 Å². The van der Waals surface area contributed by atoms with E-state index >= 15 is 0 Å². The molecule has 1 aromatic heterocycles. The van der Waals surface area contributed by atoms with E-state index in [2.05, 4.69) is 15.3 Å². The van der Waals surface area contributed by atoms with Crippen LogP contribution in [0.1, 0.15) is 43.0 Å². The van der Waals surface area contributed by atoms with E-state index in [1.165, 1.54) is 19.2 Å². The summed E-state index contributed by atoms with van der Waals surface area (Å²) in [6.07, 6.45) is 3.71. The summed E-state index contributed by atoms with van der Waals surface area (Å²) >= 11 is 6.31. The van der Waals surface area contributed by atoms with E-state index < -0.39 is 29.5 Å². The molecule has 6 nitrogen and oxygen atoms in total. The highest BCUT2D eigenvalue weighted by Crippen LogP contribution is 2.40. The van der Waals surface area contributed by atoms with Crippen molar-refractivity contribution in [3.8, 4) is 0 Å². The fraction of sp³-hybridized carbons (Fsp3) is 0.348. The molecule has 2 heterocycles. The first-order valence-corrected chi connectivity index (χ1v) is 10.9. The van der Waals surface area contributed by atoms with Gasteiger partial charge in [-0.15, -0.1) is 0 Å². The van der Waals surface area contributed by atoms with E-state index in [1.807, 2.05) is 0 Å². The first-order chi connectivity index (χ1) is 15.8. The smallest absolute Gasteiger partial charge is 0.338 e. The number of hydrogen-bond acceptors (Lipinski definition) is 6. The zero-order valence-electron chi connectivity index (χ0n) is 17.7. The molecule has 0 amide bonds. The van der Waals surface area contributed by atoms with Gasteiger partial charge < -0.3 is 15.8 Å². The van der Waals surface area contributed by atoms with Crippen molar-refractivity contribution in [2.75, 3.05) is 7.11 Å². The number of carbonyl (C=O) groups excluding carboxylic acids is 1. The molecule has 0 radical (unpaired) electrons. The fourth-order valence-electron chi connectivity index (χ4n) is 4.29. The second kappa shape index (κ2) is 9.52. The minimum atomic E-state index is -1.02. The minimum Gasteiger partial charge on any atom is -0.466 e. The topological polar surface area (TPSA) is 89.6 Å². The molecule has 10 heteroatoms. The van der Waals surface area contributed by atoms with Crippen molar-refractivity contribution in [1.82, 2.24) is 10.3 Å². The molecule has 2 aliphatic rings. The number of rotatable bonds is 4. The summed E-state index contributed by atoms with van der Waals surface area (Å²) in [6, 6.07) is 3.46. The van der Waals surface area contributed by atoms with Gasteiger partial charge in [0.1, 0.15) is 23.4 Å². The number of esters is 1. The molecule has 1 atom stereocenters. The molecule has 1 aromatic carbocycles. The van der Waals surface area contributed by atoms with Crippen molar-refractivity contribution >= 4 is 23.4 Å². The Morgan fingerprint density at radius 1 is 1.15 bits per heavy atom. The molecule has 174 valence electrons. The Morgan fingerprint density at radius 3 is 2.52 bits per heavy atom. The minimum absolute atomic E-state index is 0.00965. The van der Waals surface area contributed by atoms with E-state index in [-0.39, 0.29) is 34.1 Å². The molecular weight excluding hydrogens is 457 g/mol. The second-order valence-electron chi connectivity index (χ2n) is 8.09. The second-order valence-corrected chi connectivity index (χ2v) is 8.49. The third kappa shape index (κ3) is 4.74. The molecule has 0 spiro atoms. The molecule has 1 aliphatic heterocycles. The van der Waals surface area contributed by atoms with Crippen LogP contribution in [0.5, 0.6) is 0 Å². The largest absolute Gasteiger partial charge is 0.466 e. The number of nitrogens with zero attached hydrogens (tertiary/aromatic N) is 2. The predicted octanol–water partition coefficient (Wildman–Crippen LogP) is 4.19. The van der Waals surface area contributed by atoms with Crippen molar-refractivity contribution in [3.05, 3.63) is 75.5 Å². The molecule has 1 aliphatic carbocycles. The lowest BCUT2D eigenvalue weighted by molar-refractivity contribution is -0.136. The number of ether oxygens (including phenoxy) is 1. The van der Waals surface area contributed by atoms with Crippen LogP contribution in [-0.2, 0) is 9.53 Å². The van der Waals surface area contributed by atoms with Gasteiger partial charge in [-0.05, 0) is 43.7 Å². The number of nitrogens with two attached hydrogens (primary N) is 1. The lowest BCUT2D eigenvalue weighted by Gasteiger charge is -2.34. The molecule has 33 heavy (non-hydrogen) atoms. The summed E-state index contributed by atoms with van der Waals surface area (Å²) in [5.41, 5.74) is 6.86. The third-order valence-corrected chi connectivity index (χ3v) is 6.28. The number of carbonyl (C=O) groups is 1. The van der Waals surface area contributed by atoms with Gasteiger partial charge in [0.25, 0.3) is 0 Å². The van der Waals surface area contributed by atoms with E-state index in [0.29, 0.717) is 30.2 Å². The summed E-state index contributed by atoms with van der Waals surface area (Å²) in [6.45, 7) is 0. The molecular formula is C23H22ClF3N4O2. The van der Waals surface area contributed by atoms with Gasteiger partial charge in [-0.25, -0.2) is 22.9 Å². The highest BCUT2D eigenvalue weighted by atomic mass is 35.5. The number of nitrogens with one attached hydrogen (secondary N) is 1. The summed E-state index contributed by atoms with van der Waals surface area (Å²) in [4.78, 5) is 21.3. The van der Waals surface area contributed by atoms with Crippen LogP contribution >= 0.6 is 11.6 Å². The van der Waals surface area contributed by atoms with Gasteiger partial charge in [-0.3, -0.25) is 4.99 Å². The van der Waals surface area contributed by atoms with E-state index in [4.69, 9.17) is 22.1 Å². The maximum absolute atomic E-state index is 14.6. The zero-order valence-corrected chi connectivity index (χ0v) is 18.5. The quantitative estimate of drug-likeness (QED) is 0.643. The summed E-state index contributed by atoms with van der Waals surface area (Å²) in [5.74, 6) is -3.06. The number of amidine groups is 1. The van der Waals surface area contributed by atoms with Crippen molar-refractivity contribution in [1.29, 1.82) is 0 Å². The van der Waals surface area contributed by atoms with Crippen LogP contribution in [0.25, 0.3) is 0 Å². The van der Waals surface area contributed by atoms with E-state index in [9.17, 15) is 18.0 Å². The number of pyridine rings is 1. The molecule has 1 saturated carbocycles. The molecule has 4 rings (SSSR count). The van der Waals surface area contributed by atoms with Crippen LogP contribution in [0, 0.1) is 23.4 Å². The van der Waals surface area contributed by atoms with Gasteiger partial charge in [-0.2, -0.15) is 0 Å². The Labute approximate surface area is 193 Å². The Morgan fingerprint density at radius 2 is 1.88 bits per heavy atom. The van der Waals surface area contributed by atoms with Crippen LogP contribution in [0.4, 0.5) is 13.2 Å². The van der Waals surface area contributed by atoms with Gasteiger partial charge in [0.15, 0.2) is 11.7 Å². The Kier molecular flexibility index (Phi) is 6.71. The first-order valence-electron chi connectivity index (χ1n) is 10.5. The SMILES string of the molecule is COC(=O)C1=C([C@H]2CC[C@H](N)CC2)NC(c2ncc(F)cc2F)=NC1c1ccc(F)cc1Cl. The summed E-state index contributed by atoms with van der Waals surface area (Å²) in [5, 5.41) is 3.10. The lowest BCUT2D eigenvalue weighted by atomic mass is 9.80. The molecule has 3 N–H and O–H groups in total. The number of aromatic nitrogens is 1. The van der Waals surface area contributed by atoms with Gasteiger partial charge in [0.2, 0.25) is 0 Å². The lowest BCUT2D eigenvalue weighted by Crippen LogP contribution is -2.39. The number of halogens is 4. The average Bonchev–Trinajstić information content (AvgIpc) is 2.78. The Bertz CT molecular complexity index is 1150. The molecule has 0 saturated heterocycles. The monoisotopic (exact) mass is 478 g/mol. The van der Waals surface area contributed by atoms with Gasteiger partial charge in [0.05, 0.1) is 18.9 Å². The molecule has 2 aromatic rings. The predicted molar refractivity (Wildman–Crippen MR) is 117 cm³/mol. The Hall–Kier alpha value is -2.91. The van der Waals surface area contributed by atoms with Crippen molar-refractivity contribution < 1.29 is 22.7 Å². The van der Waals surface area contributed by atoms with Crippen molar-refractivity contribution in [2.24, 2.45) is 16.6 Å². The molecule has 1 unspecified atom stereocenters. The van der Waals surface area contributed by atoms with Crippen LogP contribution in [0.2, 0.25) is 5.02 Å². The molecule has 0 bridgehead atoms. The third-order valence-electron chi connectivity index (χ3n) is 5.95. The number of aliphatic imine (C=N–C) groups is 1. The van der Waals surface area contributed by atoms with Crippen LogP contribution < -0.4 is 11.1 Å². The highest BCUT2D eigenvalue weighted by molar-refractivity contribution is 6.31. The normalized spacial score (nSPS) is 23.1. The van der Waals surface area contributed by atoms with Crippen LogP contribution in [-0.4, -0.2) is 29.9 Å². The van der Waals surface area contributed by atoms with Crippen molar-refractivity contribution in [2.45, 2.75) is 37.8 Å². The van der Waals surface area contributed by atoms with Gasteiger partial charge in [0, 0.05) is 28.4 Å². The van der Waals surface area contributed by atoms with Crippen LogP contribution in [0.3, 0.4) is 0 Å². The standard InChI is InChI=1S/C23H22ClF3N4O2/c1-33-23(32)18-19(11-2-5-14(28)6-3-11)30-22(21-17(27)9-13(26)10-29-21)31-20(18)15-7-4-12(25)8-16(15)24/h4,7-11,14,20H,2-3,5-6,28H2,1H3,(H,30,31)/t11-,14-,20?. The Balaban J connectivity index is 1.90. The zero-order chi connectivity index (χ0) is 23.7. The number of benzene rings is 1. The van der Waals surface area contributed by atoms with E-state index in [0.717, 1.165) is 25.1 Å². The fourth-order valence-corrected chi connectivity index (χ4v) is 4.56. The highest BCUT2D eigenvalue weighted by Gasteiger charge is 2.37. The number of methoxy groups -OCH3 is 1. The van der Waals surface area contributed by atoms with E-state index in [1.54, 1.807) is 0 Å². The number of allylic oxidation sites excluding steroid dienone is 1. The average molecular weight is 479 g/mol. The summed E-state index contributed by atoms with van der Waals surface area (Å²) < 4.78 is 46.9. The van der Waals surface area contributed by atoms with Gasteiger partial charge >= 0.3 is 5.97 Å². The van der Waals surface area contributed by atoms with Crippen LogP contribution in [0.15, 0.2) is 46.7 Å². The first kappa shape index (κ1) is 23.3. The maximum atomic E-state index is 14.6.